The maximum absolute atomic E-state index is 6.41. The first kappa shape index (κ1) is 30.6. The number of hydrogen-bond acceptors (Lipinski definition) is 2. The summed E-state index contributed by atoms with van der Waals surface area (Å²) >= 11 is 1.83. The van der Waals surface area contributed by atoms with Gasteiger partial charge in [-0.05, 0) is 81.4 Å². The SMILES string of the molecule is C=Cc1c(/C=C\c2ccccc2-c2ccccc2N)sc2c1ccc1c2c2ccccc2n1-c1cc(-c2ccccc2)cc(-c2ccccc2)c1. The summed E-state index contributed by atoms with van der Waals surface area (Å²) < 4.78 is 3.70. The lowest BCUT2D eigenvalue weighted by atomic mass is 9.97. The van der Waals surface area contributed by atoms with Crippen LogP contribution in [0.25, 0.3) is 89.2 Å². The van der Waals surface area contributed by atoms with Crippen LogP contribution in [-0.4, -0.2) is 4.57 Å². The molecule has 0 aliphatic rings. The van der Waals surface area contributed by atoms with Crippen molar-refractivity contribution in [1.82, 2.24) is 4.57 Å². The number of rotatable bonds is 7. The maximum Gasteiger partial charge on any atom is 0.0555 e. The van der Waals surface area contributed by atoms with Gasteiger partial charge in [-0.1, -0.05) is 146 Å². The van der Waals surface area contributed by atoms with Crippen molar-refractivity contribution in [1.29, 1.82) is 0 Å². The van der Waals surface area contributed by atoms with Crippen molar-refractivity contribution in [2.45, 2.75) is 0 Å². The highest BCUT2D eigenvalue weighted by atomic mass is 32.1. The first-order chi connectivity index (χ1) is 25.2. The molecule has 0 radical (unpaired) electrons. The molecule has 0 amide bonds. The van der Waals surface area contributed by atoms with E-state index in [-0.39, 0.29) is 0 Å². The molecule has 2 heterocycles. The smallest absolute Gasteiger partial charge is 0.0555 e. The van der Waals surface area contributed by atoms with E-state index in [1.165, 1.54) is 59.0 Å². The zero-order chi connectivity index (χ0) is 34.3. The fourth-order valence-electron chi connectivity index (χ4n) is 7.39. The Morgan fingerprint density at radius 2 is 1.16 bits per heavy atom. The minimum atomic E-state index is 0.774. The Balaban J connectivity index is 1.25. The number of nitrogens with two attached hydrogens (primary N) is 1. The molecule has 0 spiro atoms. The van der Waals surface area contributed by atoms with Crippen LogP contribution in [0.5, 0.6) is 0 Å². The van der Waals surface area contributed by atoms with Gasteiger partial charge in [0.15, 0.2) is 0 Å². The molecular weight excluding hydrogens is 637 g/mol. The van der Waals surface area contributed by atoms with Crippen LogP contribution in [0.15, 0.2) is 170 Å². The van der Waals surface area contributed by atoms with Gasteiger partial charge in [-0.25, -0.2) is 0 Å². The van der Waals surface area contributed by atoms with Gasteiger partial charge in [0.1, 0.15) is 0 Å². The first-order valence-electron chi connectivity index (χ1n) is 17.2. The number of nitrogens with zero attached hydrogens (tertiary/aromatic N) is 1. The number of thiophene rings is 1. The van der Waals surface area contributed by atoms with Gasteiger partial charge in [-0.2, -0.15) is 0 Å². The Bertz CT molecular complexity index is 2710. The van der Waals surface area contributed by atoms with Crippen LogP contribution >= 0.6 is 11.3 Å². The Morgan fingerprint density at radius 3 is 1.86 bits per heavy atom. The predicted octanol–water partition coefficient (Wildman–Crippen LogP) is 13.4. The molecule has 2 N–H and O–H groups in total. The van der Waals surface area contributed by atoms with Gasteiger partial charge in [-0.3, -0.25) is 0 Å². The van der Waals surface area contributed by atoms with Gasteiger partial charge >= 0.3 is 0 Å². The van der Waals surface area contributed by atoms with Crippen molar-refractivity contribution in [2.75, 3.05) is 5.73 Å². The second kappa shape index (κ2) is 12.8. The number of fused-ring (bicyclic) bond motifs is 5. The molecule has 0 aliphatic carbocycles. The normalized spacial score (nSPS) is 11.6. The van der Waals surface area contributed by atoms with E-state index in [0.29, 0.717) is 0 Å². The van der Waals surface area contributed by atoms with Gasteiger partial charge in [0, 0.05) is 42.7 Å². The van der Waals surface area contributed by atoms with Crippen molar-refractivity contribution < 1.29 is 0 Å². The summed E-state index contributed by atoms with van der Waals surface area (Å²) in [7, 11) is 0. The average molecular weight is 671 g/mol. The summed E-state index contributed by atoms with van der Waals surface area (Å²) in [5.41, 5.74) is 19.9. The van der Waals surface area contributed by atoms with E-state index < -0.39 is 0 Å². The standard InChI is InChI=1S/C48H34N2S/c1-2-38-41-26-27-45-47(48(41)51-46(38)28-25-34-19-9-10-20-39(34)40-21-11-13-23-43(40)49)42-22-12-14-24-44(42)50(45)37-30-35(32-15-5-3-6-16-32)29-36(31-37)33-17-7-4-8-18-33/h2-31H,1,49H2/b28-25-. The molecule has 0 fully saturated rings. The summed E-state index contributed by atoms with van der Waals surface area (Å²) in [6.45, 7) is 4.27. The highest BCUT2D eigenvalue weighted by Crippen LogP contribution is 2.44. The fraction of sp³-hybridized carbons (Fsp3) is 0. The molecule has 51 heavy (non-hydrogen) atoms. The zero-order valence-electron chi connectivity index (χ0n) is 28.0. The lowest BCUT2D eigenvalue weighted by Crippen LogP contribution is -1.96. The molecule has 3 heteroatoms. The van der Waals surface area contributed by atoms with Gasteiger partial charge < -0.3 is 10.3 Å². The molecule has 0 unspecified atom stereocenters. The van der Waals surface area contributed by atoms with Crippen LogP contribution in [0, 0.1) is 0 Å². The summed E-state index contributed by atoms with van der Waals surface area (Å²) in [6.07, 6.45) is 6.44. The lowest BCUT2D eigenvalue weighted by molar-refractivity contribution is 1.18. The Morgan fingerprint density at radius 1 is 0.529 bits per heavy atom. The molecular formula is C48H34N2S. The van der Waals surface area contributed by atoms with Gasteiger partial charge in [0.05, 0.1) is 11.0 Å². The van der Waals surface area contributed by atoms with Crippen LogP contribution in [0.3, 0.4) is 0 Å². The Kier molecular flexibility index (Phi) is 7.68. The largest absolute Gasteiger partial charge is 0.398 e. The minimum absolute atomic E-state index is 0.774. The third-order valence-electron chi connectivity index (χ3n) is 9.78. The molecule has 9 rings (SSSR count). The minimum Gasteiger partial charge on any atom is -0.398 e. The number of para-hydroxylation sites is 2. The third kappa shape index (κ3) is 5.36. The third-order valence-corrected chi connectivity index (χ3v) is 11.0. The lowest BCUT2D eigenvalue weighted by Gasteiger charge is -2.14. The molecule has 242 valence electrons. The molecule has 0 atom stereocenters. The van der Waals surface area contributed by atoms with E-state index in [1.54, 1.807) is 0 Å². The summed E-state index contributed by atoms with van der Waals surface area (Å²) in [5, 5.41) is 3.72. The molecule has 0 bridgehead atoms. The van der Waals surface area contributed by atoms with E-state index >= 15 is 0 Å². The van der Waals surface area contributed by atoms with Gasteiger partial charge in [0.2, 0.25) is 0 Å². The number of aromatic nitrogens is 1. The summed E-state index contributed by atoms with van der Waals surface area (Å²) in [6, 6.07) is 58.1. The Hall–Kier alpha value is -6.42. The topological polar surface area (TPSA) is 30.9 Å². The van der Waals surface area contributed by atoms with Crippen molar-refractivity contribution in [3.8, 4) is 39.1 Å². The highest BCUT2D eigenvalue weighted by molar-refractivity contribution is 7.21. The van der Waals surface area contributed by atoms with Crippen LogP contribution in [-0.2, 0) is 0 Å². The quantitative estimate of drug-likeness (QED) is 0.168. The fourth-order valence-corrected chi connectivity index (χ4v) is 8.65. The predicted molar refractivity (Wildman–Crippen MR) is 222 cm³/mol. The van der Waals surface area contributed by atoms with Crippen LogP contribution in [0.1, 0.15) is 16.0 Å². The van der Waals surface area contributed by atoms with E-state index in [2.05, 4.69) is 169 Å². The van der Waals surface area contributed by atoms with E-state index in [1.807, 2.05) is 35.6 Å². The second-order valence-electron chi connectivity index (χ2n) is 12.8. The monoisotopic (exact) mass is 670 g/mol. The zero-order valence-corrected chi connectivity index (χ0v) is 28.8. The van der Waals surface area contributed by atoms with E-state index in [4.69, 9.17) is 5.73 Å². The number of nitrogen functional groups attached to an aromatic ring is 1. The molecule has 9 aromatic rings. The van der Waals surface area contributed by atoms with E-state index in [9.17, 15) is 0 Å². The van der Waals surface area contributed by atoms with Crippen molar-refractivity contribution >= 4 is 67.1 Å². The number of benzene rings is 7. The molecule has 2 aromatic heterocycles. The Labute approximate surface area is 301 Å². The first-order valence-corrected chi connectivity index (χ1v) is 18.0. The van der Waals surface area contributed by atoms with Crippen LogP contribution in [0.2, 0.25) is 0 Å². The van der Waals surface area contributed by atoms with Gasteiger partial charge in [-0.15, -0.1) is 11.3 Å². The highest BCUT2D eigenvalue weighted by Gasteiger charge is 2.19. The second-order valence-corrected chi connectivity index (χ2v) is 13.8. The molecule has 0 saturated heterocycles. The summed E-state index contributed by atoms with van der Waals surface area (Å²) in [5.74, 6) is 0. The molecule has 0 aliphatic heterocycles. The van der Waals surface area contributed by atoms with Crippen molar-refractivity contribution in [3.05, 3.63) is 186 Å². The van der Waals surface area contributed by atoms with E-state index in [0.717, 1.165) is 33.6 Å². The maximum atomic E-state index is 6.41. The molecule has 0 saturated carbocycles. The summed E-state index contributed by atoms with van der Waals surface area (Å²) in [4.78, 5) is 1.18. The van der Waals surface area contributed by atoms with Crippen LogP contribution < -0.4 is 5.73 Å². The van der Waals surface area contributed by atoms with Crippen molar-refractivity contribution in [2.24, 2.45) is 0 Å². The van der Waals surface area contributed by atoms with Crippen molar-refractivity contribution in [3.63, 3.8) is 0 Å². The molecule has 7 aromatic carbocycles. The van der Waals surface area contributed by atoms with Crippen LogP contribution in [0.4, 0.5) is 5.69 Å². The number of anilines is 1. The number of hydrogen-bond donors (Lipinski definition) is 1. The molecule has 2 nitrogen and oxygen atoms in total. The average Bonchev–Trinajstić information content (AvgIpc) is 3.73. The van der Waals surface area contributed by atoms with Gasteiger partial charge in [0.25, 0.3) is 0 Å².